The number of hydrogen-bond acceptors (Lipinski definition) is 0. The molecule has 0 saturated heterocycles. The van der Waals surface area contributed by atoms with Crippen LogP contribution in [0.25, 0.3) is 0 Å². The SMILES string of the molecule is Fc1[c]cc(C(F)(F)F)cc1F. The van der Waals surface area contributed by atoms with Crippen molar-refractivity contribution in [1.29, 1.82) is 0 Å². The maximum Gasteiger partial charge on any atom is 0.416 e. The molecule has 0 N–H and O–H groups in total. The lowest BCUT2D eigenvalue weighted by molar-refractivity contribution is -0.137. The summed E-state index contributed by atoms with van der Waals surface area (Å²) in [5.41, 5.74) is -1.25. The molecule has 65 valence electrons. The van der Waals surface area contributed by atoms with Gasteiger partial charge in [-0.2, -0.15) is 13.2 Å². The van der Waals surface area contributed by atoms with E-state index in [-0.39, 0.29) is 6.07 Å². The third kappa shape index (κ3) is 1.72. The van der Waals surface area contributed by atoms with E-state index in [1.807, 2.05) is 0 Å². The average molecular weight is 181 g/mol. The molecule has 1 rings (SSSR count). The first-order valence-corrected chi connectivity index (χ1v) is 2.85. The van der Waals surface area contributed by atoms with Crippen LogP contribution in [0.2, 0.25) is 0 Å². The van der Waals surface area contributed by atoms with Gasteiger partial charge in [0.2, 0.25) is 0 Å². The van der Waals surface area contributed by atoms with Gasteiger partial charge in [0.25, 0.3) is 0 Å². The Labute approximate surface area is 64.6 Å². The summed E-state index contributed by atoms with van der Waals surface area (Å²) < 4.78 is 59.7. The van der Waals surface area contributed by atoms with Crippen LogP contribution in [0.15, 0.2) is 12.1 Å². The van der Waals surface area contributed by atoms with Crippen molar-refractivity contribution in [2.45, 2.75) is 6.18 Å². The zero-order valence-corrected chi connectivity index (χ0v) is 5.54. The molecule has 0 fully saturated rings. The van der Waals surface area contributed by atoms with Crippen LogP contribution in [0.3, 0.4) is 0 Å². The molecular formula is C7H2F5. The van der Waals surface area contributed by atoms with Crippen molar-refractivity contribution in [3.8, 4) is 0 Å². The van der Waals surface area contributed by atoms with Gasteiger partial charge in [0.05, 0.1) is 5.56 Å². The second-order valence-corrected chi connectivity index (χ2v) is 2.05. The minimum Gasteiger partial charge on any atom is -0.204 e. The van der Waals surface area contributed by atoms with E-state index in [1.165, 1.54) is 6.07 Å². The molecule has 1 aromatic carbocycles. The molecule has 1 aromatic rings. The zero-order valence-electron chi connectivity index (χ0n) is 5.54. The summed E-state index contributed by atoms with van der Waals surface area (Å²) in [5.74, 6) is -2.96. The molecule has 0 unspecified atom stereocenters. The van der Waals surface area contributed by atoms with Crippen LogP contribution in [0.1, 0.15) is 5.56 Å². The first-order chi connectivity index (χ1) is 5.41. The van der Waals surface area contributed by atoms with Gasteiger partial charge >= 0.3 is 6.18 Å². The van der Waals surface area contributed by atoms with Gasteiger partial charge in [0.15, 0.2) is 11.6 Å². The van der Waals surface area contributed by atoms with Crippen LogP contribution in [0.4, 0.5) is 22.0 Å². The largest absolute Gasteiger partial charge is 0.416 e. The number of rotatable bonds is 0. The van der Waals surface area contributed by atoms with E-state index in [2.05, 4.69) is 0 Å². The van der Waals surface area contributed by atoms with Gasteiger partial charge in [-0.05, 0) is 12.1 Å². The molecule has 0 saturated carbocycles. The summed E-state index contributed by atoms with van der Waals surface area (Å²) in [4.78, 5) is 0. The molecule has 0 aliphatic heterocycles. The minimum absolute atomic E-state index is 0.0891. The fourth-order valence-electron chi connectivity index (χ4n) is 0.615. The highest BCUT2D eigenvalue weighted by Gasteiger charge is 2.31. The molecule has 0 aliphatic rings. The van der Waals surface area contributed by atoms with Crippen molar-refractivity contribution in [2.75, 3.05) is 0 Å². The Morgan fingerprint density at radius 2 is 1.75 bits per heavy atom. The second kappa shape index (κ2) is 2.73. The lowest BCUT2D eigenvalue weighted by atomic mass is 10.2. The molecule has 12 heavy (non-hydrogen) atoms. The molecule has 1 radical (unpaired) electrons. The van der Waals surface area contributed by atoms with Gasteiger partial charge in [-0.25, -0.2) is 8.78 Å². The quantitative estimate of drug-likeness (QED) is 0.540. The van der Waals surface area contributed by atoms with E-state index in [0.29, 0.717) is 6.07 Å². The fourth-order valence-corrected chi connectivity index (χ4v) is 0.615. The van der Waals surface area contributed by atoms with Crippen molar-refractivity contribution in [1.82, 2.24) is 0 Å². The second-order valence-electron chi connectivity index (χ2n) is 2.05. The van der Waals surface area contributed by atoms with Gasteiger partial charge in [0.1, 0.15) is 0 Å². The van der Waals surface area contributed by atoms with Crippen molar-refractivity contribution in [3.63, 3.8) is 0 Å². The Bertz CT molecular complexity index is 288. The standard InChI is InChI=1S/C7H2F5/c8-5-2-1-4(3-6(5)9)7(10,11)12/h1,3H. The summed E-state index contributed by atoms with van der Waals surface area (Å²) in [6.45, 7) is 0. The molecule has 0 aliphatic carbocycles. The van der Waals surface area contributed by atoms with Crippen LogP contribution in [0.5, 0.6) is 0 Å². The average Bonchev–Trinajstić information content (AvgIpc) is 1.92. The van der Waals surface area contributed by atoms with Gasteiger partial charge in [-0.3, -0.25) is 0 Å². The summed E-state index contributed by atoms with van der Waals surface area (Å²) in [6.07, 6.45) is -4.66. The smallest absolute Gasteiger partial charge is 0.204 e. The van der Waals surface area contributed by atoms with Gasteiger partial charge < -0.3 is 0 Å². The Hall–Kier alpha value is -1.13. The molecule has 0 atom stereocenters. The van der Waals surface area contributed by atoms with Crippen molar-refractivity contribution in [2.24, 2.45) is 0 Å². The molecular weight excluding hydrogens is 179 g/mol. The number of benzene rings is 1. The molecule has 0 heterocycles. The van der Waals surface area contributed by atoms with Crippen LogP contribution >= 0.6 is 0 Å². The lowest BCUT2D eigenvalue weighted by Gasteiger charge is -2.05. The molecule has 0 nitrogen and oxygen atoms in total. The van der Waals surface area contributed by atoms with Crippen LogP contribution in [-0.4, -0.2) is 0 Å². The van der Waals surface area contributed by atoms with Crippen LogP contribution in [0, 0.1) is 17.7 Å². The summed E-state index contributed by atoms with van der Waals surface area (Å²) in [6, 6.07) is 1.96. The van der Waals surface area contributed by atoms with E-state index < -0.39 is 23.4 Å². The van der Waals surface area contributed by atoms with Crippen molar-refractivity contribution in [3.05, 3.63) is 35.4 Å². The number of halogens is 5. The monoisotopic (exact) mass is 181 g/mol. The Morgan fingerprint density at radius 3 is 2.17 bits per heavy atom. The van der Waals surface area contributed by atoms with E-state index in [0.717, 1.165) is 0 Å². The predicted molar refractivity (Wildman–Crippen MR) is 30.2 cm³/mol. The Balaban J connectivity index is 3.14. The Kier molecular flexibility index (Phi) is 2.04. The number of alkyl halides is 3. The third-order valence-electron chi connectivity index (χ3n) is 1.17. The van der Waals surface area contributed by atoms with Gasteiger partial charge in [-0.1, -0.05) is 0 Å². The lowest BCUT2D eigenvalue weighted by Crippen LogP contribution is -2.05. The van der Waals surface area contributed by atoms with Crippen molar-refractivity contribution >= 4 is 0 Å². The first-order valence-electron chi connectivity index (χ1n) is 2.85. The normalized spacial score (nSPS) is 11.8. The molecule has 0 aromatic heterocycles. The number of hydrogen-bond donors (Lipinski definition) is 0. The van der Waals surface area contributed by atoms with E-state index in [9.17, 15) is 22.0 Å². The summed E-state index contributed by atoms with van der Waals surface area (Å²) in [7, 11) is 0. The van der Waals surface area contributed by atoms with E-state index in [1.54, 1.807) is 0 Å². The highest BCUT2D eigenvalue weighted by Crippen LogP contribution is 2.29. The molecule has 0 spiro atoms. The maximum absolute atomic E-state index is 12.2. The van der Waals surface area contributed by atoms with E-state index >= 15 is 0 Å². The molecule has 0 bridgehead atoms. The van der Waals surface area contributed by atoms with Crippen LogP contribution in [-0.2, 0) is 6.18 Å². The summed E-state index contributed by atoms with van der Waals surface area (Å²) >= 11 is 0. The fraction of sp³-hybridized carbons (Fsp3) is 0.143. The minimum atomic E-state index is -4.66. The Morgan fingerprint density at radius 1 is 1.17 bits per heavy atom. The zero-order chi connectivity index (χ0) is 9.35. The van der Waals surface area contributed by atoms with Crippen molar-refractivity contribution < 1.29 is 22.0 Å². The molecule has 5 heteroatoms. The highest BCUT2D eigenvalue weighted by molar-refractivity contribution is 5.19. The highest BCUT2D eigenvalue weighted by atomic mass is 19.4. The first kappa shape index (κ1) is 8.96. The van der Waals surface area contributed by atoms with Crippen LogP contribution < -0.4 is 0 Å². The maximum atomic E-state index is 12.2. The topological polar surface area (TPSA) is 0 Å². The third-order valence-corrected chi connectivity index (χ3v) is 1.17. The summed E-state index contributed by atoms with van der Waals surface area (Å²) in [5, 5.41) is 0. The van der Waals surface area contributed by atoms with E-state index in [4.69, 9.17) is 0 Å². The van der Waals surface area contributed by atoms with Gasteiger partial charge in [-0.15, -0.1) is 0 Å². The molecule has 0 amide bonds. The van der Waals surface area contributed by atoms with Gasteiger partial charge in [0, 0.05) is 6.07 Å². The predicted octanol–water partition coefficient (Wildman–Crippen LogP) is 2.78.